The minimum absolute atomic E-state index is 0.115. The molecule has 1 atom stereocenters. The Morgan fingerprint density at radius 2 is 1.85 bits per heavy atom. The van der Waals surface area contributed by atoms with Gasteiger partial charge in [0.1, 0.15) is 5.75 Å². The number of hydrogen-bond donors (Lipinski definition) is 1. The fraction of sp³-hybridized carbons (Fsp3) is 0.476. The smallest absolute Gasteiger partial charge is 0.308 e. The Kier molecular flexibility index (Phi) is 6.77. The predicted molar refractivity (Wildman–Crippen MR) is 101 cm³/mol. The topological polar surface area (TPSA) is 83.9 Å². The first-order valence-corrected chi connectivity index (χ1v) is 9.31. The Hall–Kier alpha value is -2.63. The van der Waals surface area contributed by atoms with Crippen molar-refractivity contribution in [3.05, 3.63) is 41.2 Å². The zero-order chi connectivity index (χ0) is 20.1. The largest absolute Gasteiger partial charge is 0.503 e. The van der Waals surface area contributed by atoms with Gasteiger partial charge in [0.05, 0.1) is 11.6 Å². The van der Waals surface area contributed by atoms with Crippen LogP contribution in [-0.2, 0) is 14.4 Å². The zero-order valence-corrected chi connectivity index (χ0v) is 16.3. The molecule has 1 unspecified atom stereocenters. The molecule has 27 heavy (non-hydrogen) atoms. The summed E-state index contributed by atoms with van der Waals surface area (Å²) in [6, 6.07) is 6.06. The molecule has 0 fully saturated rings. The van der Waals surface area contributed by atoms with E-state index in [0.717, 1.165) is 12.8 Å². The fourth-order valence-corrected chi connectivity index (χ4v) is 3.21. The van der Waals surface area contributed by atoms with Gasteiger partial charge in [-0.25, -0.2) is 0 Å². The number of aliphatic hydroxyl groups is 1. The molecule has 1 aromatic rings. The van der Waals surface area contributed by atoms with Crippen LogP contribution in [0.15, 0.2) is 35.6 Å². The maximum Gasteiger partial charge on any atom is 0.308 e. The van der Waals surface area contributed by atoms with Gasteiger partial charge < -0.3 is 14.7 Å². The number of nitrogens with zero attached hydrogens (tertiary/aromatic N) is 1. The predicted octanol–water partition coefficient (Wildman–Crippen LogP) is 3.72. The highest BCUT2D eigenvalue weighted by Crippen LogP contribution is 2.39. The molecular weight excluding hydrogens is 346 g/mol. The molecule has 0 aromatic heterocycles. The highest BCUT2D eigenvalue weighted by atomic mass is 16.5. The summed E-state index contributed by atoms with van der Waals surface area (Å²) in [5.74, 6) is -1.10. The molecule has 0 aliphatic carbocycles. The second-order valence-corrected chi connectivity index (χ2v) is 7.20. The van der Waals surface area contributed by atoms with Gasteiger partial charge in [-0.1, -0.05) is 39.3 Å². The van der Waals surface area contributed by atoms with E-state index in [0.29, 0.717) is 17.9 Å². The number of ether oxygens (including phenoxy) is 1. The Morgan fingerprint density at radius 1 is 1.22 bits per heavy atom. The molecule has 146 valence electrons. The lowest BCUT2D eigenvalue weighted by Gasteiger charge is -2.27. The van der Waals surface area contributed by atoms with E-state index in [2.05, 4.69) is 0 Å². The first-order valence-electron chi connectivity index (χ1n) is 9.31. The third kappa shape index (κ3) is 4.76. The number of carbonyl (C=O) groups excluding carboxylic acids is 3. The Labute approximate surface area is 159 Å². The van der Waals surface area contributed by atoms with Gasteiger partial charge in [-0.2, -0.15) is 0 Å². The zero-order valence-electron chi connectivity index (χ0n) is 16.3. The number of ketones is 1. The average molecular weight is 373 g/mol. The van der Waals surface area contributed by atoms with Crippen LogP contribution in [0.1, 0.15) is 58.6 Å². The van der Waals surface area contributed by atoms with Crippen molar-refractivity contribution in [2.45, 2.75) is 53.0 Å². The van der Waals surface area contributed by atoms with Gasteiger partial charge in [-0.15, -0.1) is 0 Å². The van der Waals surface area contributed by atoms with E-state index in [1.807, 2.05) is 20.8 Å². The van der Waals surface area contributed by atoms with Crippen molar-refractivity contribution in [1.29, 1.82) is 0 Å². The molecule has 1 amide bonds. The molecule has 0 saturated heterocycles. The molecule has 6 nitrogen and oxygen atoms in total. The molecule has 2 rings (SSSR count). The monoisotopic (exact) mass is 373 g/mol. The van der Waals surface area contributed by atoms with E-state index in [1.54, 1.807) is 29.2 Å². The quantitative estimate of drug-likeness (QED) is 0.554. The van der Waals surface area contributed by atoms with E-state index in [9.17, 15) is 19.5 Å². The number of amides is 1. The van der Waals surface area contributed by atoms with Gasteiger partial charge in [0.2, 0.25) is 0 Å². The fourth-order valence-electron chi connectivity index (χ4n) is 3.21. The third-order valence-electron chi connectivity index (χ3n) is 4.41. The summed E-state index contributed by atoms with van der Waals surface area (Å²) >= 11 is 0. The number of hydrogen-bond acceptors (Lipinski definition) is 5. The van der Waals surface area contributed by atoms with Gasteiger partial charge in [-0.05, 0) is 30.0 Å². The summed E-state index contributed by atoms with van der Waals surface area (Å²) in [5, 5.41) is 10.4. The van der Waals surface area contributed by atoms with Gasteiger partial charge in [0, 0.05) is 19.9 Å². The number of Topliss-reactive ketones (excluding diaryl/α,β-unsaturated/α-hetero) is 1. The standard InChI is InChI=1S/C21H27NO5/c1-5-6-11-22-19(15-7-9-16(10-8-15)27-14(4)23)18(20(25)21(22)26)17(24)12-13(2)3/h7-10,13,19,25H,5-6,11-12H2,1-4H3. The van der Waals surface area contributed by atoms with Gasteiger partial charge in [0.15, 0.2) is 11.5 Å². The molecule has 0 spiro atoms. The van der Waals surface area contributed by atoms with Gasteiger partial charge in [0.25, 0.3) is 5.91 Å². The van der Waals surface area contributed by atoms with E-state index in [-0.39, 0.29) is 23.7 Å². The lowest BCUT2D eigenvalue weighted by Crippen LogP contribution is -2.32. The van der Waals surface area contributed by atoms with Crippen molar-refractivity contribution < 1.29 is 24.2 Å². The lowest BCUT2D eigenvalue weighted by molar-refractivity contribution is -0.132. The van der Waals surface area contributed by atoms with Crippen LogP contribution in [0.5, 0.6) is 5.75 Å². The maximum atomic E-state index is 12.8. The van der Waals surface area contributed by atoms with Crippen LogP contribution in [0, 0.1) is 5.92 Å². The van der Waals surface area contributed by atoms with Crippen molar-refractivity contribution in [1.82, 2.24) is 4.90 Å². The van der Waals surface area contributed by atoms with Crippen LogP contribution in [0.25, 0.3) is 0 Å². The molecule has 1 aliphatic rings. The maximum absolute atomic E-state index is 12.8. The third-order valence-corrected chi connectivity index (χ3v) is 4.41. The molecule has 6 heteroatoms. The van der Waals surface area contributed by atoms with Crippen LogP contribution < -0.4 is 4.74 Å². The summed E-state index contributed by atoms with van der Waals surface area (Å²) in [7, 11) is 0. The molecule has 0 radical (unpaired) electrons. The van der Waals surface area contributed by atoms with E-state index in [1.165, 1.54) is 6.92 Å². The number of aliphatic hydroxyl groups excluding tert-OH is 1. The SMILES string of the molecule is CCCCN1C(=O)C(O)=C(C(=O)CC(C)C)C1c1ccc(OC(C)=O)cc1. The normalized spacial score (nSPS) is 17.0. The van der Waals surface area contributed by atoms with Gasteiger partial charge in [-0.3, -0.25) is 14.4 Å². The van der Waals surface area contributed by atoms with Crippen molar-refractivity contribution in [3.63, 3.8) is 0 Å². The lowest BCUT2D eigenvalue weighted by atomic mass is 9.92. The molecule has 0 bridgehead atoms. The second kappa shape index (κ2) is 8.84. The Morgan fingerprint density at radius 3 is 2.37 bits per heavy atom. The minimum atomic E-state index is -0.623. The molecule has 1 heterocycles. The number of esters is 1. The molecular formula is C21H27NO5. The van der Waals surface area contributed by atoms with Crippen LogP contribution in [0.3, 0.4) is 0 Å². The second-order valence-electron chi connectivity index (χ2n) is 7.20. The highest BCUT2D eigenvalue weighted by molar-refractivity contribution is 6.09. The van der Waals surface area contributed by atoms with Crippen molar-refractivity contribution in [2.24, 2.45) is 5.92 Å². The minimum Gasteiger partial charge on any atom is -0.503 e. The number of unbranched alkanes of at least 4 members (excludes halogenated alkanes) is 1. The van der Waals surface area contributed by atoms with Crippen molar-refractivity contribution in [2.75, 3.05) is 6.54 Å². The summed E-state index contributed by atoms with van der Waals surface area (Å²) in [6.45, 7) is 7.63. The van der Waals surface area contributed by atoms with Crippen molar-refractivity contribution >= 4 is 17.7 Å². The Balaban J connectivity index is 2.42. The van der Waals surface area contributed by atoms with Crippen LogP contribution in [0.4, 0.5) is 0 Å². The number of benzene rings is 1. The summed E-state index contributed by atoms with van der Waals surface area (Å²) in [6.07, 6.45) is 1.92. The molecule has 0 saturated carbocycles. The van der Waals surface area contributed by atoms with Crippen LogP contribution in [-0.4, -0.2) is 34.2 Å². The van der Waals surface area contributed by atoms with E-state index in [4.69, 9.17) is 4.74 Å². The molecule has 1 aliphatic heterocycles. The van der Waals surface area contributed by atoms with Crippen LogP contribution in [0.2, 0.25) is 0 Å². The first-order chi connectivity index (χ1) is 12.8. The van der Waals surface area contributed by atoms with Crippen molar-refractivity contribution in [3.8, 4) is 5.75 Å². The van der Waals surface area contributed by atoms with Crippen LogP contribution >= 0.6 is 0 Å². The molecule has 1 N–H and O–H groups in total. The molecule has 1 aromatic carbocycles. The number of rotatable bonds is 8. The Bertz CT molecular complexity index is 748. The average Bonchev–Trinajstić information content (AvgIpc) is 2.84. The summed E-state index contributed by atoms with van der Waals surface area (Å²) in [5.41, 5.74) is 0.858. The first kappa shape index (κ1) is 20.7. The summed E-state index contributed by atoms with van der Waals surface area (Å²) < 4.78 is 5.04. The highest BCUT2D eigenvalue weighted by Gasteiger charge is 2.42. The van der Waals surface area contributed by atoms with E-state index < -0.39 is 23.7 Å². The number of carbonyl (C=O) groups is 3. The van der Waals surface area contributed by atoms with E-state index >= 15 is 0 Å². The summed E-state index contributed by atoms with van der Waals surface area (Å²) in [4.78, 5) is 38.0. The van der Waals surface area contributed by atoms with Gasteiger partial charge >= 0.3 is 5.97 Å².